The highest BCUT2D eigenvalue weighted by molar-refractivity contribution is 14.1. The van der Waals surface area contributed by atoms with E-state index in [1.54, 1.807) is 12.1 Å². The van der Waals surface area contributed by atoms with Crippen LogP contribution in [0.4, 0.5) is 5.69 Å². The van der Waals surface area contributed by atoms with Crippen molar-refractivity contribution in [3.8, 4) is 11.5 Å². The Morgan fingerprint density at radius 1 is 1.21 bits per heavy atom. The SMILES string of the molecule is CCOc1cc(/C=N/NC(=O)CCC(=O)Nc2cccc(C)c2C)cc(I)c1O. The van der Waals surface area contributed by atoms with Crippen LogP contribution in [0.5, 0.6) is 11.5 Å². The van der Waals surface area contributed by atoms with Gasteiger partial charge in [0.15, 0.2) is 11.5 Å². The molecule has 2 rings (SSSR count). The molecule has 3 N–H and O–H groups in total. The number of aryl methyl sites for hydroxylation is 1. The first-order valence-electron chi connectivity index (χ1n) is 9.15. The van der Waals surface area contributed by atoms with Crippen LogP contribution in [0.2, 0.25) is 0 Å². The number of nitrogens with one attached hydrogen (secondary N) is 2. The molecular formula is C21H24IN3O4. The predicted octanol–water partition coefficient (Wildman–Crippen LogP) is 3.88. The van der Waals surface area contributed by atoms with Crippen molar-refractivity contribution in [2.24, 2.45) is 5.10 Å². The van der Waals surface area contributed by atoms with Gasteiger partial charge in [-0.05, 0) is 78.3 Å². The fourth-order valence-electron chi connectivity index (χ4n) is 2.49. The number of rotatable bonds is 8. The number of phenols is 1. The summed E-state index contributed by atoms with van der Waals surface area (Å²) >= 11 is 1.99. The van der Waals surface area contributed by atoms with Crippen molar-refractivity contribution < 1.29 is 19.4 Å². The van der Waals surface area contributed by atoms with E-state index < -0.39 is 0 Å². The summed E-state index contributed by atoms with van der Waals surface area (Å²) in [6.45, 7) is 6.16. The molecule has 154 valence electrons. The number of hydrogen-bond acceptors (Lipinski definition) is 5. The standard InChI is InChI=1S/C21H24IN3O4/c1-4-29-18-11-15(10-16(22)21(18)28)12-23-25-20(27)9-8-19(26)24-17-7-5-6-13(2)14(17)3/h5-7,10-12,28H,4,8-9H2,1-3H3,(H,24,26)(H,25,27)/b23-12+. The van der Waals surface area contributed by atoms with Crippen LogP contribution in [0.1, 0.15) is 36.5 Å². The number of anilines is 1. The molecule has 0 radical (unpaired) electrons. The number of carbonyl (C=O) groups is 2. The lowest BCUT2D eigenvalue weighted by molar-refractivity contribution is -0.124. The quantitative estimate of drug-likeness (QED) is 0.286. The summed E-state index contributed by atoms with van der Waals surface area (Å²) in [7, 11) is 0. The van der Waals surface area contributed by atoms with Crippen LogP contribution in [0, 0.1) is 17.4 Å². The average molecular weight is 509 g/mol. The highest BCUT2D eigenvalue weighted by Gasteiger charge is 2.10. The Hall–Kier alpha value is -2.62. The molecule has 0 bridgehead atoms. The number of carbonyl (C=O) groups excluding carboxylic acids is 2. The van der Waals surface area contributed by atoms with Crippen molar-refractivity contribution in [2.45, 2.75) is 33.6 Å². The highest BCUT2D eigenvalue weighted by Crippen LogP contribution is 2.32. The molecule has 0 aliphatic rings. The van der Waals surface area contributed by atoms with E-state index in [9.17, 15) is 14.7 Å². The van der Waals surface area contributed by atoms with Crippen LogP contribution in [0.25, 0.3) is 0 Å². The van der Waals surface area contributed by atoms with Gasteiger partial charge in [0.1, 0.15) is 0 Å². The first kappa shape index (κ1) is 22.7. The number of aromatic hydroxyl groups is 1. The number of nitrogens with zero attached hydrogens (tertiary/aromatic N) is 1. The number of hydrogen-bond donors (Lipinski definition) is 3. The zero-order chi connectivity index (χ0) is 21.4. The molecule has 0 atom stereocenters. The van der Waals surface area contributed by atoms with Gasteiger partial charge in [0, 0.05) is 18.5 Å². The maximum atomic E-state index is 12.1. The van der Waals surface area contributed by atoms with Gasteiger partial charge in [-0.2, -0.15) is 5.10 Å². The first-order chi connectivity index (χ1) is 13.8. The van der Waals surface area contributed by atoms with Crippen LogP contribution in [-0.2, 0) is 9.59 Å². The van der Waals surface area contributed by atoms with Crippen molar-refractivity contribution in [3.05, 3.63) is 50.6 Å². The summed E-state index contributed by atoms with van der Waals surface area (Å²) in [5.41, 5.74) is 5.92. The molecule has 0 aromatic heterocycles. The molecule has 0 saturated heterocycles. The molecule has 0 fully saturated rings. The van der Waals surface area contributed by atoms with E-state index >= 15 is 0 Å². The van der Waals surface area contributed by atoms with E-state index in [4.69, 9.17) is 4.74 Å². The van der Waals surface area contributed by atoms with Gasteiger partial charge in [-0.3, -0.25) is 9.59 Å². The Labute approximate surface area is 183 Å². The number of amides is 2. The van der Waals surface area contributed by atoms with Crippen molar-refractivity contribution >= 4 is 46.3 Å². The van der Waals surface area contributed by atoms with Crippen LogP contribution in [0.3, 0.4) is 0 Å². The third kappa shape index (κ3) is 6.74. The number of halogens is 1. The molecule has 0 spiro atoms. The molecule has 0 aliphatic heterocycles. The zero-order valence-corrected chi connectivity index (χ0v) is 18.7. The number of benzene rings is 2. The molecule has 2 amide bonds. The Balaban J connectivity index is 1.85. The summed E-state index contributed by atoms with van der Waals surface area (Å²) in [6, 6.07) is 9.03. The molecule has 0 saturated carbocycles. The van der Waals surface area contributed by atoms with Crippen LogP contribution >= 0.6 is 22.6 Å². The average Bonchev–Trinajstić information content (AvgIpc) is 2.68. The lowest BCUT2D eigenvalue weighted by atomic mass is 10.1. The van der Waals surface area contributed by atoms with E-state index in [1.165, 1.54) is 6.21 Å². The van der Waals surface area contributed by atoms with Crippen LogP contribution < -0.4 is 15.5 Å². The topological polar surface area (TPSA) is 100 Å². The van der Waals surface area contributed by atoms with Gasteiger partial charge < -0.3 is 15.2 Å². The fraction of sp³-hybridized carbons (Fsp3) is 0.286. The second-order valence-electron chi connectivity index (χ2n) is 6.37. The lowest BCUT2D eigenvalue weighted by Crippen LogP contribution is -2.21. The minimum Gasteiger partial charge on any atom is -0.504 e. The van der Waals surface area contributed by atoms with Crippen molar-refractivity contribution in [3.63, 3.8) is 0 Å². The van der Waals surface area contributed by atoms with Gasteiger partial charge in [0.2, 0.25) is 11.8 Å². The first-order valence-corrected chi connectivity index (χ1v) is 10.2. The summed E-state index contributed by atoms with van der Waals surface area (Å²) in [5.74, 6) is -0.165. The van der Waals surface area contributed by atoms with Gasteiger partial charge >= 0.3 is 0 Å². The van der Waals surface area contributed by atoms with Gasteiger partial charge in [-0.15, -0.1) is 0 Å². The molecule has 8 heteroatoms. The Morgan fingerprint density at radius 2 is 1.93 bits per heavy atom. The molecule has 29 heavy (non-hydrogen) atoms. The molecule has 2 aromatic rings. The second kappa shape index (κ2) is 10.8. The smallest absolute Gasteiger partial charge is 0.240 e. The van der Waals surface area contributed by atoms with E-state index in [0.29, 0.717) is 21.5 Å². The summed E-state index contributed by atoms with van der Waals surface area (Å²) in [6.07, 6.45) is 1.53. The summed E-state index contributed by atoms with van der Waals surface area (Å²) in [4.78, 5) is 24.0. The summed E-state index contributed by atoms with van der Waals surface area (Å²) < 4.78 is 5.98. The van der Waals surface area contributed by atoms with Crippen molar-refractivity contribution in [1.82, 2.24) is 5.43 Å². The van der Waals surface area contributed by atoms with E-state index in [1.807, 2.05) is 61.6 Å². The molecule has 0 aliphatic carbocycles. The van der Waals surface area contributed by atoms with Crippen LogP contribution in [0.15, 0.2) is 35.4 Å². The minimum absolute atomic E-state index is 0.0192. The van der Waals surface area contributed by atoms with Gasteiger partial charge in [0.05, 0.1) is 16.4 Å². The molecule has 2 aromatic carbocycles. The van der Waals surface area contributed by atoms with Crippen molar-refractivity contribution in [2.75, 3.05) is 11.9 Å². The Morgan fingerprint density at radius 3 is 2.66 bits per heavy atom. The van der Waals surface area contributed by atoms with Crippen LogP contribution in [-0.4, -0.2) is 29.7 Å². The molecule has 0 heterocycles. The largest absolute Gasteiger partial charge is 0.504 e. The zero-order valence-electron chi connectivity index (χ0n) is 16.6. The molecular weight excluding hydrogens is 485 g/mol. The normalized spacial score (nSPS) is 10.8. The predicted molar refractivity (Wildman–Crippen MR) is 122 cm³/mol. The van der Waals surface area contributed by atoms with Gasteiger partial charge in [-0.25, -0.2) is 5.43 Å². The lowest BCUT2D eigenvalue weighted by Gasteiger charge is -2.10. The van der Waals surface area contributed by atoms with Gasteiger partial charge in [0.25, 0.3) is 0 Å². The Bertz CT molecular complexity index is 928. The maximum absolute atomic E-state index is 12.1. The number of phenolic OH excluding ortho intramolecular Hbond substituents is 1. The third-order valence-electron chi connectivity index (χ3n) is 4.21. The van der Waals surface area contributed by atoms with Crippen molar-refractivity contribution in [1.29, 1.82) is 0 Å². The number of ether oxygens (including phenoxy) is 1. The van der Waals surface area contributed by atoms with E-state index in [0.717, 1.165) is 16.8 Å². The fourth-order valence-corrected chi connectivity index (χ4v) is 3.12. The maximum Gasteiger partial charge on any atom is 0.240 e. The Kier molecular flexibility index (Phi) is 8.44. The summed E-state index contributed by atoms with van der Waals surface area (Å²) in [5, 5.41) is 16.7. The van der Waals surface area contributed by atoms with E-state index in [-0.39, 0.29) is 30.4 Å². The highest BCUT2D eigenvalue weighted by atomic mass is 127. The molecule has 7 nitrogen and oxygen atoms in total. The minimum atomic E-state index is -0.365. The molecule has 0 unspecified atom stereocenters. The monoisotopic (exact) mass is 509 g/mol. The van der Waals surface area contributed by atoms with E-state index in [2.05, 4.69) is 15.8 Å². The van der Waals surface area contributed by atoms with Gasteiger partial charge in [-0.1, -0.05) is 12.1 Å². The second-order valence-corrected chi connectivity index (χ2v) is 7.53. The number of hydrazone groups is 1. The third-order valence-corrected chi connectivity index (χ3v) is 5.03.